The Morgan fingerprint density at radius 1 is 1.20 bits per heavy atom. The zero-order valence-corrected chi connectivity index (χ0v) is 9.61. The van der Waals surface area contributed by atoms with Gasteiger partial charge < -0.3 is 4.57 Å². The Morgan fingerprint density at radius 2 is 1.93 bits per heavy atom. The van der Waals surface area contributed by atoms with E-state index >= 15 is 0 Å². The van der Waals surface area contributed by atoms with Crippen molar-refractivity contribution >= 4 is 15.9 Å². The van der Waals surface area contributed by atoms with Gasteiger partial charge in [-0.15, -0.1) is 0 Å². The first-order valence-electron chi connectivity index (χ1n) is 4.59. The maximum Gasteiger partial charge on any atom is 0.120 e. The predicted octanol–water partition coefficient (Wildman–Crippen LogP) is 3.17. The first kappa shape index (κ1) is 10.0. The first-order valence-corrected chi connectivity index (χ1v) is 5.38. The molecule has 2 rings (SSSR count). The fourth-order valence-corrected chi connectivity index (χ4v) is 1.70. The number of benzene rings is 1. The molecule has 3 heteroatoms. The second kappa shape index (κ2) is 4.33. The zero-order valence-electron chi connectivity index (χ0n) is 8.02. The summed E-state index contributed by atoms with van der Waals surface area (Å²) >= 11 is 3.39. The van der Waals surface area contributed by atoms with Crippen LogP contribution in [0.4, 0.5) is 0 Å². The molecular formula is C12H9BrN2. The minimum absolute atomic E-state index is 0.693. The summed E-state index contributed by atoms with van der Waals surface area (Å²) in [5.41, 5.74) is 1.88. The van der Waals surface area contributed by atoms with E-state index in [9.17, 15) is 0 Å². The van der Waals surface area contributed by atoms with E-state index in [1.807, 2.05) is 47.2 Å². The second-order valence-electron chi connectivity index (χ2n) is 3.26. The standard InChI is InChI=1S/C12H9BrN2/c13-11-5-3-10(4-6-11)9-15-7-1-2-12(15)8-14/h1-7H,9H2. The van der Waals surface area contributed by atoms with Crippen LogP contribution in [-0.4, -0.2) is 4.57 Å². The Bertz CT molecular complexity index is 491. The fourth-order valence-electron chi connectivity index (χ4n) is 1.44. The molecule has 74 valence electrons. The Labute approximate surface area is 96.9 Å². The minimum atomic E-state index is 0.693. The predicted molar refractivity (Wildman–Crippen MR) is 62.4 cm³/mol. The Kier molecular flexibility index (Phi) is 2.89. The van der Waals surface area contributed by atoms with Crippen molar-refractivity contribution in [2.45, 2.75) is 6.54 Å². The van der Waals surface area contributed by atoms with Gasteiger partial charge in [-0.2, -0.15) is 5.26 Å². The van der Waals surface area contributed by atoms with Crippen molar-refractivity contribution in [2.24, 2.45) is 0 Å². The van der Waals surface area contributed by atoms with Crippen LogP contribution in [-0.2, 0) is 6.54 Å². The molecule has 0 aliphatic rings. The van der Waals surface area contributed by atoms with Crippen molar-refractivity contribution < 1.29 is 0 Å². The van der Waals surface area contributed by atoms with Crippen molar-refractivity contribution in [3.05, 3.63) is 58.3 Å². The first-order chi connectivity index (χ1) is 7.29. The molecule has 0 spiro atoms. The van der Waals surface area contributed by atoms with Crippen molar-refractivity contribution in [3.8, 4) is 6.07 Å². The van der Waals surface area contributed by atoms with Gasteiger partial charge in [0.1, 0.15) is 11.8 Å². The van der Waals surface area contributed by atoms with E-state index < -0.39 is 0 Å². The maximum absolute atomic E-state index is 8.85. The van der Waals surface area contributed by atoms with E-state index in [0.717, 1.165) is 11.0 Å². The smallest absolute Gasteiger partial charge is 0.120 e. The highest BCUT2D eigenvalue weighted by Crippen LogP contribution is 2.12. The molecule has 0 amide bonds. The van der Waals surface area contributed by atoms with Crippen LogP contribution >= 0.6 is 15.9 Å². The van der Waals surface area contributed by atoms with Gasteiger partial charge in [0.05, 0.1) is 0 Å². The van der Waals surface area contributed by atoms with Crippen LogP contribution < -0.4 is 0 Å². The van der Waals surface area contributed by atoms with E-state index in [4.69, 9.17) is 5.26 Å². The quantitative estimate of drug-likeness (QED) is 0.816. The molecule has 0 unspecified atom stereocenters. The van der Waals surface area contributed by atoms with Gasteiger partial charge in [-0.25, -0.2) is 0 Å². The lowest BCUT2D eigenvalue weighted by atomic mass is 10.2. The SMILES string of the molecule is N#Cc1cccn1Cc1ccc(Br)cc1. The highest BCUT2D eigenvalue weighted by atomic mass is 79.9. The topological polar surface area (TPSA) is 28.7 Å². The number of nitriles is 1. The minimum Gasteiger partial charge on any atom is -0.335 e. The number of halogens is 1. The molecule has 0 atom stereocenters. The van der Waals surface area contributed by atoms with Gasteiger partial charge in [0, 0.05) is 17.2 Å². The third-order valence-electron chi connectivity index (χ3n) is 2.21. The normalized spacial score (nSPS) is 9.87. The van der Waals surface area contributed by atoms with E-state index in [2.05, 4.69) is 22.0 Å². The molecule has 0 N–H and O–H groups in total. The molecule has 0 bridgehead atoms. The summed E-state index contributed by atoms with van der Waals surface area (Å²) in [6.07, 6.45) is 1.92. The molecule has 0 saturated carbocycles. The third kappa shape index (κ3) is 2.28. The molecule has 0 saturated heterocycles. The highest BCUT2D eigenvalue weighted by molar-refractivity contribution is 9.10. The summed E-state index contributed by atoms with van der Waals surface area (Å²) < 4.78 is 3.00. The van der Waals surface area contributed by atoms with Crippen LogP contribution in [0.3, 0.4) is 0 Å². The van der Waals surface area contributed by atoms with Gasteiger partial charge in [0.25, 0.3) is 0 Å². The fraction of sp³-hybridized carbons (Fsp3) is 0.0833. The largest absolute Gasteiger partial charge is 0.335 e. The number of aromatic nitrogens is 1. The molecule has 1 heterocycles. The number of nitrogens with zero attached hydrogens (tertiary/aromatic N) is 2. The lowest BCUT2D eigenvalue weighted by Crippen LogP contribution is -2.00. The molecule has 0 aliphatic heterocycles. The van der Waals surface area contributed by atoms with E-state index in [0.29, 0.717) is 5.69 Å². The maximum atomic E-state index is 8.85. The molecule has 2 aromatic rings. The van der Waals surface area contributed by atoms with Crippen LogP contribution in [0, 0.1) is 11.3 Å². The molecule has 1 aromatic carbocycles. The summed E-state index contributed by atoms with van der Waals surface area (Å²) in [5.74, 6) is 0. The average molecular weight is 261 g/mol. The van der Waals surface area contributed by atoms with Gasteiger partial charge in [-0.1, -0.05) is 28.1 Å². The van der Waals surface area contributed by atoms with Crippen LogP contribution in [0.25, 0.3) is 0 Å². The van der Waals surface area contributed by atoms with Gasteiger partial charge in [-0.05, 0) is 29.8 Å². The number of hydrogen-bond acceptors (Lipinski definition) is 1. The lowest BCUT2D eigenvalue weighted by molar-refractivity contribution is 0.793. The van der Waals surface area contributed by atoms with Crippen molar-refractivity contribution in [3.63, 3.8) is 0 Å². The summed E-state index contributed by atoms with van der Waals surface area (Å²) in [6.45, 7) is 0.739. The average Bonchev–Trinajstić information content (AvgIpc) is 2.69. The van der Waals surface area contributed by atoms with Crippen LogP contribution in [0.1, 0.15) is 11.3 Å². The summed E-state index contributed by atoms with van der Waals surface area (Å²) in [5, 5.41) is 8.85. The van der Waals surface area contributed by atoms with Crippen LogP contribution in [0.5, 0.6) is 0 Å². The van der Waals surface area contributed by atoms with Gasteiger partial charge in [-0.3, -0.25) is 0 Å². The zero-order chi connectivity index (χ0) is 10.7. The van der Waals surface area contributed by atoms with Crippen LogP contribution in [0.2, 0.25) is 0 Å². The summed E-state index contributed by atoms with van der Waals surface area (Å²) in [6, 6.07) is 14.0. The van der Waals surface area contributed by atoms with E-state index in [1.54, 1.807) is 0 Å². The van der Waals surface area contributed by atoms with Crippen molar-refractivity contribution in [2.75, 3.05) is 0 Å². The second-order valence-corrected chi connectivity index (χ2v) is 4.18. The van der Waals surface area contributed by atoms with Crippen molar-refractivity contribution in [1.82, 2.24) is 4.57 Å². The summed E-state index contributed by atoms with van der Waals surface area (Å²) in [7, 11) is 0. The summed E-state index contributed by atoms with van der Waals surface area (Å²) in [4.78, 5) is 0. The lowest BCUT2D eigenvalue weighted by Gasteiger charge is -2.04. The molecule has 2 nitrogen and oxygen atoms in total. The monoisotopic (exact) mass is 260 g/mol. The Hall–Kier alpha value is -1.53. The van der Waals surface area contributed by atoms with E-state index in [-0.39, 0.29) is 0 Å². The van der Waals surface area contributed by atoms with Gasteiger partial charge >= 0.3 is 0 Å². The van der Waals surface area contributed by atoms with E-state index in [1.165, 1.54) is 5.56 Å². The molecule has 1 aromatic heterocycles. The van der Waals surface area contributed by atoms with Gasteiger partial charge in [0.2, 0.25) is 0 Å². The number of rotatable bonds is 2. The number of hydrogen-bond donors (Lipinski definition) is 0. The molecule has 0 fully saturated rings. The third-order valence-corrected chi connectivity index (χ3v) is 2.74. The van der Waals surface area contributed by atoms with Gasteiger partial charge in [0.15, 0.2) is 0 Å². The Balaban J connectivity index is 2.23. The molecule has 0 radical (unpaired) electrons. The Morgan fingerprint density at radius 3 is 2.60 bits per heavy atom. The van der Waals surface area contributed by atoms with Crippen LogP contribution in [0.15, 0.2) is 47.1 Å². The molecule has 0 aliphatic carbocycles. The molecular weight excluding hydrogens is 252 g/mol. The van der Waals surface area contributed by atoms with Crippen molar-refractivity contribution in [1.29, 1.82) is 5.26 Å². The molecule has 15 heavy (non-hydrogen) atoms. The highest BCUT2D eigenvalue weighted by Gasteiger charge is 2.00.